The molecule has 0 N–H and O–H groups in total. The molecule has 0 unspecified atom stereocenters. The number of ether oxygens (including phenoxy) is 2. The van der Waals surface area contributed by atoms with Gasteiger partial charge in [-0.1, -0.05) is 0 Å². The molecule has 0 spiro atoms. The van der Waals surface area contributed by atoms with Crippen molar-refractivity contribution in [2.24, 2.45) is 0 Å². The monoisotopic (exact) mass is 316 g/mol. The van der Waals surface area contributed by atoms with Crippen molar-refractivity contribution in [3.8, 4) is 0 Å². The fraction of sp³-hybridized carbons (Fsp3) is 0.375. The molecule has 1 aliphatic rings. The van der Waals surface area contributed by atoms with E-state index >= 15 is 0 Å². The zero-order valence-electron chi connectivity index (χ0n) is 12.9. The molecule has 2 aromatic rings. The predicted molar refractivity (Wildman–Crippen MR) is 81.2 cm³/mol. The lowest BCUT2D eigenvalue weighted by Gasteiger charge is -2.11. The Bertz CT molecular complexity index is 855. The van der Waals surface area contributed by atoms with Gasteiger partial charge in [-0.3, -0.25) is 4.79 Å². The maximum Gasteiger partial charge on any atom is 0.347 e. The molecule has 0 radical (unpaired) electrons. The number of nitrogens with zero attached hydrogens (tertiary/aromatic N) is 2. The molecule has 1 aromatic carbocycles. The fourth-order valence-electron chi connectivity index (χ4n) is 2.60. The largest absolute Gasteiger partial charge is 0.463 e. The van der Waals surface area contributed by atoms with Crippen molar-refractivity contribution in [3.05, 3.63) is 39.8 Å². The number of hydrogen-bond acceptors (Lipinski definition) is 6. The Morgan fingerprint density at radius 2 is 2.22 bits per heavy atom. The van der Waals surface area contributed by atoms with Crippen molar-refractivity contribution in [2.75, 3.05) is 6.61 Å². The SMILES string of the molecule is CCn1c(=O)c(C)nc2cc(C(=O)O[C@@H]3CCOC3=O)ccc21. The van der Waals surface area contributed by atoms with E-state index in [1.54, 1.807) is 29.7 Å². The molecule has 23 heavy (non-hydrogen) atoms. The van der Waals surface area contributed by atoms with Gasteiger partial charge in [0.05, 0.1) is 23.2 Å². The number of rotatable bonds is 3. The summed E-state index contributed by atoms with van der Waals surface area (Å²) in [6.07, 6.45) is -0.484. The first kappa shape index (κ1) is 15.2. The van der Waals surface area contributed by atoms with E-state index in [1.165, 1.54) is 0 Å². The van der Waals surface area contributed by atoms with Crippen LogP contribution in [0.2, 0.25) is 0 Å². The first-order valence-corrected chi connectivity index (χ1v) is 7.40. The van der Waals surface area contributed by atoms with Crippen LogP contribution in [0.15, 0.2) is 23.0 Å². The van der Waals surface area contributed by atoms with Gasteiger partial charge < -0.3 is 14.0 Å². The highest BCUT2D eigenvalue weighted by molar-refractivity contribution is 5.95. The van der Waals surface area contributed by atoms with Crippen LogP contribution >= 0.6 is 0 Å². The number of carbonyl (C=O) groups excluding carboxylic acids is 2. The van der Waals surface area contributed by atoms with Gasteiger partial charge in [-0.2, -0.15) is 0 Å². The summed E-state index contributed by atoms with van der Waals surface area (Å²) < 4.78 is 11.5. The van der Waals surface area contributed by atoms with Crippen LogP contribution in [-0.2, 0) is 20.8 Å². The van der Waals surface area contributed by atoms with Crippen LogP contribution in [-0.4, -0.2) is 34.2 Å². The minimum absolute atomic E-state index is 0.149. The van der Waals surface area contributed by atoms with E-state index in [4.69, 9.17) is 9.47 Å². The Balaban J connectivity index is 1.96. The number of carbonyl (C=O) groups is 2. The molecule has 1 aliphatic heterocycles. The number of benzene rings is 1. The minimum Gasteiger partial charge on any atom is -0.463 e. The van der Waals surface area contributed by atoms with Crippen molar-refractivity contribution in [1.29, 1.82) is 0 Å². The highest BCUT2D eigenvalue weighted by Gasteiger charge is 2.30. The summed E-state index contributed by atoms with van der Waals surface area (Å²) in [6.45, 7) is 4.27. The first-order chi connectivity index (χ1) is 11.0. The van der Waals surface area contributed by atoms with E-state index in [0.717, 1.165) is 0 Å². The Labute approximate surface area is 131 Å². The first-order valence-electron chi connectivity index (χ1n) is 7.40. The second-order valence-corrected chi connectivity index (χ2v) is 5.30. The van der Waals surface area contributed by atoms with Crippen molar-refractivity contribution in [1.82, 2.24) is 9.55 Å². The molecular weight excluding hydrogens is 300 g/mol. The lowest BCUT2D eigenvalue weighted by molar-refractivity contribution is -0.145. The normalized spacial score (nSPS) is 17.3. The number of aryl methyl sites for hydroxylation is 2. The van der Waals surface area contributed by atoms with Crippen LogP contribution in [0.1, 0.15) is 29.4 Å². The highest BCUT2D eigenvalue weighted by Crippen LogP contribution is 2.17. The summed E-state index contributed by atoms with van der Waals surface area (Å²) in [5.41, 5.74) is 1.69. The van der Waals surface area contributed by atoms with Crippen molar-refractivity contribution >= 4 is 23.0 Å². The molecule has 0 amide bonds. The van der Waals surface area contributed by atoms with Gasteiger partial charge >= 0.3 is 11.9 Å². The maximum absolute atomic E-state index is 12.2. The number of hydrogen-bond donors (Lipinski definition) is 0. The number of fused-ring (bicyclic) bond motifs is 1. The maximum atomic E-state index is 12.2. The second kappa shape index (κ2) is 5.83. The lowest BCUT2D eigenvalue weighted by atomic mass is 10.2. The standard InChI is InChI=1S/C16H16N2O5/c1-3-18-12-5-4-10(8-11(12)17-9(2)14(18)19)15(20)23-13-6-7-22-16(13)21/h4-5,8,13H,3,6-7H2,1-2H3/t13-/m1/s1. The van der Waals surface area contributed by atoms with Crippen LogP contribution in [0.25, 0.3) is 11.0 Å². The Kier molecular flexibility index (Phi) is 3.85. The lowest BCUT2D eigenvalue weighted by Crippen LogP contribution is -2.24. The van der Waals surface area contributed by atoms with Gasteiger partial charge in [0.25, 0.3) is 5.56 Å². The third kappa shape index (κ3) is 2.69. The third-order valence-corrected chi connectivity index (χ3v) is 3.80. The molecule has 120 valence electrons. The molecule has 7 heteroatoms. The highest BCUT2D eigenvalue weighted by atomic mass is 16.6. The molecule has 0 bridgehead atoms. The average Bonchev–Trinajstić information content (AvgIpc) is 2.93. The van der Waals surface area contributed by atoms with E-state index in [-0.39, 0.29) is 17.7 Å². The van der Waals surface area contributed by atoms with E-state index in [2.05, 4.69) is 4.98 Å². The van der Waals surface area contributed by atoms with Crippen molar-refractivity contribution in [3.63, 3.8) is 0 Å². The van der Waals surface area contributed by atoms with Crippen LogP contribution < -0.4 is 5.56 Å². The molecule has 2 heterocycles. The van der Waals surface area contributed by atoms with E-state index in [1.807, 2.05) is 6.92 Å². The number of aromatic nitrogens is 2. The zero-order valence-corrected chi connectivity index (χ0v) is 12.9. The van der Waals surface area contributed by atoms with Crippen molar-refractivity contribution in [2.45, 2.75) is 32.9 Å². The molecule has 7 nitrogen and oxygen atoms in total. The Morgan fingerprint density at radius 3 is 2.87 bits per heavy atom. The van der Waals surface area contributed by atoms with E-state index in [0.29, 0.717) is 29.7 Å². The molecule has 1 fully saturated rings. The summed E-state index contributed by atoms with van der Waals surface area (Å²) in [7, 11) is 0. The summed E-state index contributed by atoms with van der Waals surface area (Å²) >= 11 is 0. The van der Waals surface area contributed by atoms with Crippen LogP contribution in [0.4, 0.5) is 0 Å². The molecule has 1 saturated heterocycles. The van der Waals surface area contributed by atoms with Gasteiger partial charge in [0, 0.05) is 13.0 Å². The number of cyclic esters (lactones) is 1. The van der Waals surface area contributed by atoms with Crippen LogP contribution in [0, 0.1) is 6.92 Å². The Morgan fingerprint density at radius 1 is 1.43 bits per heavy atom. The topological polar surface area (TPSA) is 87.5 Å². The Hall–Kier alpha value is -2.70. The van der Waals surface area contributed by atoms with E-state index in [9.17, 15) is 14.4 Å². The number of esters is 2. The molecule has 0 aliphatic carbocycles. The summed E-state index contributed by atoms with van der Waals surface area (Å²) in [6, 6.07) is 4.79. The van der Waals surface area contributed by atoms with Gasteiger partial charge in [-0.25, -0.2) is 14.6 Å². The van der Waals surface area contributed by atoms with Gasteiger partial charge in [-0.15, -0.1) is 0 Å². The average molecular weight is 316 g/mol. The zero-order chi connectivity index (χ0) is 16.6. The second-order valence-electron chi connectivity index (χ2n) is 5.30. The smallest absolute Gasteiger partial charge is 0.347 e. The third-order valence-electron chi connectivity index (χ3n) is 3.80. The van der Waals surface area contributed by atoms with Gasteiger partial charge in [0.15, 0.2) is 0 Å². The molecule has 1 atom stereocenters. The van der Waals surface area contributed by atoms with Crippen molar-refractivity contribution < 1.29 is 19.1 Å². The van der Waals surface area contributed by atoms with Gasteiger partial charge in [0.1, 0.15) is 5.69 Å². The fourth-order valence-corrected chi connectivity index (χ4v) is 2.60. The molecule has 1 aromatic heterocycles. The van der Waals surface area contributed by atoms with Gasteiger partial charge in [-0.05, 0) is 32.0 Å². The summed E-state index contributed by atoms with van der Waals surface area (Å²) in [4.78, 5) is 39.8. The van der Waals surface area contributed by atoms with Crippen LogP contribution in [0.5, 0.6) is 0 Å². The predicted octanol–water partition coefficient (Wildman–Crippen LogP) is 1.20. The summed E-state index contributed by atoms with van der Waals surface area (Å²) in [5.74, 6) is -1.13. The summed E-state index contributed by atoms with van der Waals surface area (Å²) in [5, 5.41) is 0. The molecule has 0 saturated carbocycles. The quantitative estimate of drug-likeness (QED) is 0.791. The molecular formula is C16H16N2O5. The minimum atomic E-state index is -0.850. The van der Waals surface area contributed by atoms with E-state index < -0.39 is 18.0 Å². The molecule has 3 rings (SSSR count). The van der Waals surface area contributed by atoms with Gasteiger partial charge in [0.2, 0.25) is 6.10 Å². The van der Waals surface area contributed by atoms with Crippen LogP contribution in [0.3, 0.4) is 0 Å².